The molecule has 152 valence electrons. The second kappa shape index (κ2) is 9.78. The number of hydrogen-bond acceptors (Lipinski definition) is 6. The Kier molecular flexibility index (Phi) is 7.41. The summed E-state index contributed by atoms with van der Waals surface area (Å²) in [6.07, 6.45) is 5.94. The van der Waals surface area contributed by atoms with Crippen LogP contribution in [0.3, 0.4) is 0 Å². The summed E-state index contributed by atoms with van der Waals surface area (Å²) in [7, 11) is 0. The lowest BCUT2D eigenvalue weighted by Crippen LogP contribution is -2.40. The first-order chi connectivity index (χ1) is 13.0. The van der Waals surface area contributed by atoms with Crippen LogP contribution in [0, 0.1) is 5.92 Å². The van der Waals surface area contributed by atoms with E-state index in [-0.39, 0.29) is 11.2 Å². The standard InChI is InChI=1S/C19H33N5O2S/c1-14(2)13-24-18(23-9-11-26-12-10-23)21-22-19(24)27-15(3)17(25)20-16-7-5-4-6-8-16/h14-16H,4-13H2,1-3H3,(H,20,25). The van der Waals surface area contributed by atoms with Gasteiger partial charge in [-0.05, 0) is 25.7 Å². The van der Waals surface area contributed by atoms with E-state index >= 15 is 0 Å². The number of thioether (sulfide) groups is 1. The Balaban J connectivity index is 1.67. The van der Waals surface area contributed by atoms with E-state index in [9.17, 15) is 4.79 Å². The third-order valence-electron chi connectivity index (χ3n) is 5.14. The maximum absolute atomic E-state index is 12.6. The van der Waals surface area contributed by atoms with Crippen LogP contribution in [0.2, 0.25) is 0 Å². The zero-order valence-electron chi connectivity index (χ0n) is 16.8. The number of nitrogens with zero attached hydrogens (tertiary/aromatic N) is 4. The zero-order valence-corrected chi connectivity index (χ0v) is 17.6. The van der Waals surface area contributed by atoms with Crippen LogP contribution in [0.15, 0.2) is 5.16 Å². The number of ether oxygens (including phenoxy) is 1. The van der Waals surface area contributed by atoms with Gasteiger partial charge in [0.05, 0.1) is 18.5 Å². The van der Waals surface area contributed by atoms with Gasteiger partial charge in [-0.15, -0.1) is 10.2 Å². The number of aromatic nitrogens is 3. The molecule has 1 aliphatic heterocycles. The fourth-order valence-electron chi connectivity index (χ4n) is 3.67. The molecule has 1 amide bonds. The van der Waals surface area contributed by atoms with Crippen molar-refractivity contribution >= 4 is 23.6 Å². The van der Waals surface area contributed by atoms with Gasteiger partial charge < -0.3 is 15.0 Å². The number of amides is 1. The SMILES string of the molecule is CC(C)Cn1c(SC(C)C(=O)NC2CCCCC2)nnc1N1CCOCC1. The van der Waals surface area contributed by atoms with E-state index in [1.54, 1.807) is 0 Å². The average molecular weight is 396 g/mol. The molecule has 1 aromatic heterocycles. The first-order valence-electron chi connectivity index (χ1n) is 10.3. The number of rotatable bonds is 7. The molecule has 1 aliphatic carbocycles. The fraction of sp³-hybridized carbons (Fsp3) is 0.842. The highest BCUT2D eigenvalue weighted by molar-refractivity contribution is 8.00. The van der Waals surface area contributed by atoms with Crippen molar-refractivity contribution in [2.75, 3.05) is 31.2 Å². The Morgan fingerprint density at radius 2 is 1.89 bits per heavy atom. The largest absolute Gasteiger partial charge is 0.378 e. The third-order valence-corrected chi connectivity index (χ3v) is 6.22. The van der Waals surface area contributed by atoms with Crippen LogP contribution in [0.4, 0.5) is 5.95 Å². The summed E-state index contributed by atoms with van der Waals surface area (Å²) < 4.78 is 7.63. The van der Waals surface area contributed by atoms with Gasteiger partial charge in [0.2, 0.25) is 11.9 Å². The zero-order chi connectivity index (χ0) is 19.2. The van der Waals surface area contributed by atoms with Crippen molar-refractivity contribution in [2.24, 2.45) is 5.92 Å². The second-order valence-corrected chi connectivity index (χ2v) is 9.30. The number of carbonyl (C=O) groups is 1. The van der Waals surface area contributed by atoms with Crippen molar-refractivity contribution in [1.82, 2.24) is 20.1 Å². The minimum absolute atomic E-state index is 0.110. The van der Waals surface area contributed by atoms with E-state index in [0.717, 1.165) is 56.8 Å². The predicted octanol–water partition coefficient (Wildman–Crippen LogP) is 2.70. The average Bonchev–Trinajstić information content (AvgIpc) is 3.05. The monoisotopic (exact) mass is 395 g/mol. The fourth-order valence-corrected chi connectivity index (χ4v) is 4.53. The summed E-state index contributed by atoms with van der Waals surface area (Å²) in [5.74, 6) is 1.49. The Bertz CT molecular complexity index is 609. The van der Waals surface area contributed by atoms with Crippen LogP contribution in [-0.2, 0) is 16.1 Å². The lowest BCUT2D eigenvalue weighted by molar-refractivity contribution is -0.121. The highest BCUT2D eigenvalue weighted by Crippen LogP contribution is 2.27. The highest BCUT2D eigenvalue weighted by Gasteiger charge is 2.25. The molecular formula is C19H33N5O2S. The molecule has 27 heavy (non-hydrogen) atoms. The minimum atomic E-state index is -0.181. The molecule has 0 radical (unpaired) electrons. The summed E-state index contributed by atoms with van der Waals surface area (Å²) in [6.45, 7) is 10.3. The molecule has 1 atom stereocenters. The van der Waals surface area contributed by atoms with Crippen LogP contribution >= 0.6 is 11.8 Å². The summed E-state index contributed by atoms with van der Waals surface area (Å²) in [4.78, 5) is 14.9. The maximum Gasteiger partial charge on any atom is 0.233 e. The second-order valence-electron chi connectivity index (χ2n) is 7.99. The summed E-state index contributed by atoms with van der Waals surface area (Å²) in [5.41, 5.74) is 0. The van der Waals surface area contributed by atoms with E-state index in [2.05, 4.69) is 38.8 Å². The molecule has 0 spiro atoms. The lowest BCUT2D eigenvalue weighted by Gasteiger charge is -2.28. The van der Waals surface area contributed by atoms with E-state index in [0.29, 0.717) is 12.0 Å². The van der Waals surface area contributed by atoms with Crippen molar-refractivity contribution < 1.29 is 9.53 Å². The number of nitrogens with one attached hydrogen (secondary N) is 1. The number of morpholine rings is 1. The summed E-state index contributed by atoms with van der Waals surface area (Å²) in [5, 5.41) is 12.8. The van der Waals surface area contributed by atoms with Gasteiger partial charge in [-0.2, -0.15) is 0 Å². The van der Waals surface area contributed by atoms with Gasteiger partial charge in [-0.1, -0.05) is 44.9 Å². The van der Waals surface area contributed by atoms with Gasteiger partial charge >= 0.3 is 0 Å². The molecular weight excluding hydrogens is 362 g/mol. The molecule has 1 aromatic rings. The molecule has 1 saturated heterocycles. The van der Waals surface area contributed by atoms with Gasteiger partial charge in [0.15, 0.2) is 5.16 Å². The molecule has 2 aliphatic rings. The van der Waals surface area contributed by atoms with Crippen LogP contribution in [0.5, 0.6) is 0 Å². The van der Waals surface area contributed by atoms with Gasteiger partial charge in [-0.3, -0.25) is 9.36 Å². The van der Waals surface area contributed by atoms with Crippen molar-refractivity contribution in [3.05, 3.63) is 0 Å². The van der Waals surface area contributed by atoms with Crippen LogP contribution in [0.1, 0.15) is 52.9 Å². The van der Waals surface area contributed by atoms with Crippen molar-refractivity contribution in [2.45, 2.75) is 75.9 Å². The Morgan fingerprint density at radius 3 is 2.56 bits per heavy atom. The van der Waals surface area contributed by atoms with Gasteiger partial charge in [0.1, 0.15) is 0 Å². The molecule has 0 bridgehead atoms. The quantitative estimate of drug-likeness (QED) is 0.716. The molecule has 8 heteroatoms. The van der Waals surface area contributed by atoms with Crippen molar-refractivity contribution in [1.29, 1.82) is 0 Å². The van der Waals surface area contributed by atoms with E-state index in [1.807, 2.05) is 6.92 Å². The lowest BCUT2D eigenvalue weighted by atomic mass is 9.95. The number of carbonyl (C=O) groups excluding carboxylic acids is 1. The first kappa shape index (κ1) is 20.5. The van der Waals surface area contributed by atoms with Gasteiger partial charge in [0.25, 0.3) is 0 Å². The van der Waals surface area contributed by atoms with E-state index in [1.165, 1.54) is 31.0 Å². The van der Waals surface area contributed by atoms with Crippen LogP contribution in [-0.4, -0.2) is 58.3 Å². The Hall–Kier alpha value is -1.28. The molecule has 7 nitrogen and oxygen atoms in total. The minimum Gasteiger partial charge on any atom is -0.378 e. The molecule has 0 aromatic carbocycles. The van der Waals surface area contributed by atoms with E-state index < -0.39 is 0 Å². The van der Waals surface area contributed by atoms with Gasteiger partial charge in [0, 0.05) is 25.7 Å². The van der Waals surface area contributed by atoms with Crippen LogP contribution < -0.4 is 10.2 Å². The first-order valence-corrected chi connectivity index (χ1v) is 11.2. The normalized spacial score (nSPS) is 20.1. The molecule has 1 unspecified atom stereocenters. The molecule has 3 rings (SSSR count). The number of hydrogen-bond donors (Lipinski definition) is 1. The summed E-state index contributed by atoms with van der Waals surface area (Å²) in [6, 6.07) is 0.340. The Morgan fingerprint density at radius 1 is 1.19 bits per heavy atom. The summed E-state index contributed by atoms with van der Waals surface area (Å²) >= 11 is 1.51. The Labute approximate surface area is 166 Å². The molecule has 1 N–H and O–H groups in total. The molecule has 2 fully saturated rings. The molecule has 1 saturated carbocycles. The van der Waals surface area contributed by atoms with Crippen molar-refractivity contribution in [3.8, 4) is 0 Å². The van der Waals surface area contributed by atoms with Crippen molar-refractivity contribution in [3.63, 3.8) is 0 Å². The van der Waals surface area contributed by atoms with Crippen LogP contribution in [0.25, 0.3) is 0 Å². The van der Waals surface area contributed by atoms with E-state index in [4.69, 9.17) is 4.74 Å². The predicted molar refractivity (Wildman–Crippen MR) is 108 cm³/mol. The smallest absolute Gasteiger partial charge is 0.233 e. The topological polar surface area (TPSA) is 72.3 Å². The maximum atomic E-state index is 12.6. The van der Waals surface area contributed by atoms with Gasteiger partial charge in [-0.25, -0.2) is 0 Å². The third kappa shape index (κ3) is 5.60. The molecule has 2 heterocycles. The highest BCUT2D eigenvalue weighted by atomic mass is 32.2. The number of anilines is 1.